The molecule has 1 amide bonds. The van der Waals surface area contributed by atoms with Crippen molar-refractivity contribution < 1.29 is 19.4 Å². The summed E-state index contributed by atoms with van der Waals surface area (Å²) in [6.45, 7) is 2.63. The molecule has 18 heavy (non-hydrogen) atoms. The van der Waals surface area contributed by atoms with E-state index in [9.17, 15) is 9.59 Å². The molecule has 2 rings (SSSR count). The summed E-state index contributed by atoms with van der Waals surface area (Å²) in [7, 11) is 0. The van der Waals surface area contributed by atoms with E-state index in [4.69, 9.17) is 9.84 Å². The molecule has 0 radical (unpaired) electrons. The Morgan fingerprint density at radius 3 is 2.67 bits per heavy atom. The highest BCUT2D eigenvalue weighted by atomic mass is 16.5. The number of carbonyl (C=O) groups is 2. The molecule has 0 aromatic heterocycles. The summed E-state index contributed by atoms with van der Waals surface area (Å²) in [5.41, 5.74) is -0.496. The molecular formula is C13H21NO4. The summed E-state index contributed by atoms with van der Waals surface area (Å²) < 4.78 is 5.51. The predicted molar refractivity (Wildman–Crippen MR) is 65.1 cm³/mol. The minimum Gasteiger partial charge on any atom is -0.481 e. The maximum absolute atomic E-state index is 12.2. The molecule has 2 fully saturated rings. The predicted octanol–water partition coefficient (Wildman–Crippen LogP) is 1.32. The second-order valence-corrected chi connectivity index (χ2v) is 5.41. The molecular weight excluding hydrogens is 234 g/mol. The Bertz CT molecular complexity index is 338. The lowest BCUT2D eigenvalue weighted by atomic mass is 9.74. The molecule has 1 saturated carbocycles. The average Bonchev–Trinajstić information content (AvgIpc) is 2.73. The molecule has 1 aliphatic heterocycles. The van der Waals surface area contributed by atoms with Crippen LogP contribution in [0.25, 0.3) is 0 Å². The van der Waals surface area contributed by atoms with Crippen LogP contribution in [0.2, 0.25) is 0 Å². The van der Waals surface area contributed by atoms with Gasteiger partial charge in [-0.05, 0) is 32.1 Å². The third-order valence-electron chi connectivity index (χ3n) is 4.14. The van der Waals surface area contributed by atoms with Crippen molar-refractivity contribution >= 4 is 11.9 Å². The Balaban J connectivity index is 1.95. The molecule has 5 heteroatoms. The summed E-state index contributed by atoms with van der Waals surface area (Å²) in [6.07, 6.45) is 4.13. The van der Waals surface area contributed by atoms with Crippen LogP contribution in [0, 0.1) is 5.92 Å². The van der Waals surface area contributed by atoms with Crippen LogP contribution in [0.1, 0.15) is 45.4 Å². The number of ether oxygens (including phenoxy) is 1. The Kier molecular flexibility index (Phi) is 3.90. The molecule has 1 heterocycles. The van der Waals surface area contributed by atoms with E-state index in [0.717, 1.165) is 32.1 Å². The number of carboxylic acid groups (broad SMARTS) is 1. The molecule has 1 saturated heterocycles. The van der Waals surface area contributed by atoms with E-state index in [1.165, 1.54) is 0 Å². The number of amides is 1. The molecule has 0 spiro atoms. The topological polar surface area (TPSA) is 75.6 Å². The summed E-state index contributed by atoms with van der Waals surface area (Å²) in [6, 6.07) is 0. The van der Waals surface area contributed by atoms with E-state index in [-0.39, 0.29) is 24.3 Å². The van der Waals surface area contributed by atoms with Gasteiger partial charge in [0.05, 0.1) is 24.0 Å². The largest absolute Gasteiger partial charge is 0.481 e. The lowest BCUT2D eigenvalue weighted by Crippen LogP contribution is -2.56. The summed E-state index contributed by atoms with van der Waals surface area (Å²) >= 11 is 0. The van der Waals surface area contributed by atoms with Gasteiger partial charge in [0.1, 0.15) is 0 Å². The maximum atomic E-state index is 12.2. The van der Waals surface area contributed by atoms with E-state index in [0.29, 0.717) is 6.61 Å². The molecule has 2 atom stereocenters. The Hall–Kier alpha value is -1.10. The Labute approximate surface area is 107 Å². The minimum atomic E-state index is -0.843. The molecule has 5 nitrogen and oxygen atoms in total. The van der Waals surface area contributed by atoms with Crippen molar-refractivity contribution in [3.63, 3.8) is 0 Å². The second-order valence-electron chi connectivity index (χ2n) is 5.41. The molecule has 2 unspecified atom stereocenters. The van der Waals surface area contributed by atoms with Crippen molar-refractivity contribution in [2.45, 2.75) is 57.1 Å². The van der Waals surface area contributed by atoms with Crippen LogP contribution in [-0.2, 0) is 14.3 Å². The average molecular weight is 255 g/mol. The first-order valence-electron chi connectivity index (χ1n) is 6.72. The molecule has 102 valence electrons. The summed E-state index contributed by atoms with van der Waals surface area (Å²) in [5.74, 6) is -0.980. The fourth-order valence-electron chi connectivity index (χ4n) is 2.94. The number of nitrogens with one attached hydrogen (secondary N) is 1. The highest BCUT2D eigenvalue weighted by Gasteiger charge is 2.43. The van der Waals surface area contributed by atoms with Gasteiger partial charge < -0.3 is 15.2 Å². The normalized spacial score (nSPS) is 29.6. The van der Waals surface area contributed by atoms with Gasteiger partial charge in [0, 0.05) is 6.61 Å². The number of hydrogen-bond donors (Lipinski definition) is 2. The summed E-state index contributed by atoms with van der Waals surface area (Å²) in [4.78, 5) is 23.1. The SMILES string of the molecule is CCC1OCCC1C(=O)NC1(CC(=O)O)CCC1. The number of rotatable bonds is 5. The lowest BCUT2D eigenvalue weighted by molar-refractivity contribution is -0.141. The highest BCUT2D eigenvalue weighted by Crippen LogP contribution is 2.36. The number of hydrogen-bond acceptors (Lipinski definition) is 3. The zero-order valence-electron chi connectivity index (χ0n) is 10.8. The lowest BCUT2D eigenvalue weighted by Gasteiger charge is -2.42. The van der Waals surface area contributed by atoms with Gasteiger partial charge in [0.15, 0.2) is 0 Å². The van der Waals surface area contributed by atoms with E-state index < -0.39 is 11.5 Å². The second kappa shape index (κ2) is 5.26. The molecule has 1 aliphatic carbocycles. The van der Waals surface area contributed by atoms with Gasteiger partial charge in [-0.3, -0.25) is 9.59 Å². The highest BCUT2D eigenvalue weighted by molar-refractivity contribution is 5.81. The first-order valence-corrected chi connectivity index (χ1v) is 6.72. The fraction of sp³-hybridized carbons (Fsp3) is 0.846. The molecule has 0 bridgehead atoms. The van der Waals surface area contributed by atoms with Crippen molar-refractivity contribution in [2.24, 2.45) is 5.92 Å². The number of carboxylic acids is 1. The fourth-order valence-corrected chi connectivity index (χ4v) is 2.94. The van der Waals surface area contributed by atoms with Gasteiger partial charge in [-0.25, -0.2) is 0 Å². The van der Waals surface area contributed by atoms with Gasteiger partial charge in [0.2, 0.25) is 5.91 Å². The Morgan fingerprint density at radius 1 is 1.44 bits per heavy atom. The van der Waals surface area contributed by atoms with Gasteiger partial charge in [-0.1, -0.05) is 6.92 Å². The third-order valence-corrected chi connectivity index (χ3v) is 4.14. The van der Waals surface area contributed by atoms with Crippen LogP contribution in [0.5, 0.6) is 0 Å². The van der Waals surface area contributed by atoms with Crippen LogP contribution < -0.4 is 5.32 Å². The van der Waals surface area contributed by atoms with E-state index in [2.05, 4.69) is 5.32 Å². The molecule has 2 aliphatic rings. The van der Waals surface area contributed by atoms with Crippen molar-refractivity contribution in [1.82, 2.24) is 5.32 Å². The van der Waals surface area contributed by atoms with Crippen LogP contribution >= 0.6 is 0 Å². The van der Waals surface area contributed by atoms with Crippen LogP contribution in [0.3, 0.4) is 0 Å². The third kappa shape index (κ3) is 2.66. The van der Waals surface area contributed by atoms with Gasteiger partial charge in [-0.15, -0.1) is 0 Å². The number of aliphatic carboxylic acids is 1. The first kappa shape index (κ1) is 13.3. The minimum absolute atomic E-state index is 0.00745. The van der Waals surface area contributed by atoms with Crippen molar-refractivity contribution in [2.75, 3.05) is 6.61 Å². The summed E-state index contributed by atoms with van der Waals surface area (Å²) in [5, 5.41) is 11.9. The molecule has 0 aromatic carbocycles. The monoisotopic (exact) mass is 255 g/mol. The van der Waals surface area contributed by atoms with Crippen LogP contribution in [0.4, 0.5) is 0 Å². The maximum Gasteiger partial charge on any atom is 0.305 e. The van der Waals surface area contributed by atoms with E-state index in [1.807, 2.05) is 6.92 Å². The number of carbonyl (C=O) groups excluding carboxylic acids is 1. The standard InChI is InChI=1S/C13H21NO4/c1-2-10-9(4-7-18-10)12(17)14-13(5-3-6-13)8-11(15)16/h9-10H,2-8H2,1H3,(H,14,17)(H,15,16). The van der Waals surface area contributed by atoms with Gasteiger partial charge >= 0.3 is 5.97 Å². The molecule has 2 N–H and O–H groups in total. The van der Waals surface area contributed by atoms with Crippen LogP contribution in [-0.4, -0.2) is 35.2 Å². The molecule has 0 aromatic rings. The van der Waals surface area contributed by atoms with Crippen molar-refractivity contribution in [3.8, 4) is 0 Å². The van der Waals surface area contributed by atoms with Crippen LogP contribution in [0.15, 0.2) is 0 Å². The van der Waals surface area contributed by atoms with E-state index >= 15 is 0 Å². The quantitative estimate of drug-likeness (QED) is 0.776. The van der Waals surface area contributed by atoms with E-state index in [1.54, 1.807) is 0 Å². The van der Waals surface area contributed by atoms with Gasteiger partial charge in [0.25, 0.3) is 0 Å². The smallest absolute Gasteiger partial charge is 0.305 e. The van der Waals surface area contributed by atoms with Crippen molar-refractivity contribution in [3.05, 3.63) is 0 Å². The van der Waals surface area contributed by atoms with Crippen molar-refractivity contribution in [1.29, 1.82) is 0 Å². The Morgan fingerprint density at radius 2 is 2.17 bits per heavy atom. The van der Waals surface area contributed by atoms with Gasteiger partial charge in [-0.2, -0.15) is 0 Å². The first-order chi connectivity index (χ1) is 8.56. The zero-order valence-corrected chi connectivity index (χ0v) is 10.8. The zero-order chi connectivity index (χ0) is 13.2.